The molecule has 2 nitrogen and oxygen atoms in total. The molecule has 0 N–H and O–H groups in total. The third-order valence-electron chi connectivity index (χ3n) is 2.13. The molecule has 0 radical (unpaired) electrons. The van der Waals surface area contributed by atoms with E-state index in [4.69, 9.17) is 0 Å². The summed E-state index contributed by atoms with van der Waals surface area (Å²) < 4.78 is 0. The normalized spacial score (nSPS) is 25.5. The van der Waals surface area contributed by atoms with Gasteiger partial charge in [-0.1, -0.05) is 6.58 Å². The van der Waals surface area contributed by atoms with Gasteiger partial charge in [0.05, 0.1) is 0 Å². The fourth-order valence-corrected chi connectivity index (χ4v) is 1.63. The van der Waals surface area contributed by atoms with Crippen LogP contribution in [0.25, 0.3) is 0 Å². The Kier molecular flexibility index (Phi) is 2.32. The van der Waals surface area contributed by atoms with Crippen molar-refractivity contribution in [1.29, 1.82) is 0 Å². The molecule has 1 heterocycles. The van der Waals surface area contributed by atoms with Crippen LogP contribution in [0.3, 0.4) is 0 Å². The van der Waals surface area contributed by atoms with E-state index in [2.05, 4.69) is 13.5 Å². The molecule has 1 aliphatic heterocycles. The van der Waals surface area contributed by atoms with Crippen molar-refractivity contribution in [3.8, 4) is 0 Å². The molecular weight excluding hydrogens is 138 g/mol. The van der Waals surface area contributed by atoms with E-state index in [1.54, 1.807) is 0 Å². The van der Waals surface area contributed by atoms with Gasteiger partial charge in [-0.05, 0) is 26.7 Å². The highest BCUT2D eigenvalue weighted by Crippen LogP contribution is 2.20. The molecule has 1 saturated heterocycles. The third kappa shape index (κ3) is 1.62. The summed E-state index contributed by atoms with van der Waals surface area (Å²) in [6.45, 7) is 7.75. The second-order valence-corrected chi connectivity index (χ2v) is 3.24. The average Bonchev–Trinajstić information content (AvgIpc) is 1.85. The molecule has 2 heteroatoms. The predicted octanol–water partition coefficient (Wildman–Crippen LogP) is 1.92. The van der Waals surface area contributed by atoms with Crippen LogP contribution in [0, 0.1) is 0 Å². The smallest absolute Gasteiger partial charge is 0.226 e. The van der Waals surface area contributed by atoms with Crippen molar-refractivity contribution in [2.45, 2.75) is 39.2 Å². The number of likely N-dealkylation sites (tertiary alicyclic amines) is 1. The first-order valence-corrected chi connectivity index (χ1v) is 4.10. The van der Waals surface area contributed by atoms with Gasteiger partial charge in [0.2, 0.25) is 5.91 Å². The van der Waals surface area contributed by atoms with E-state index in [0.29, 0.717) is 12.5 Å². The van der Waals surface area contributed by atoms with Gasteiger partial charge in [-0.15, -0.1) is 0 Å². The zero-order valence-corrected chi connectivity index (χ0v) is 7.26. The van der Waals surface area contributed by atoms with Crippen LogP contribution >= 0.6 is 0 Å². The molecule has 0 aromatic heterocycles. The highest BCUT2D eigenvalue weighted by Gasteiger charge is 2.24. The Labute approximate surface area is 67.9 Å². The number of amides is 1. The van der Waals surface area contributed by atoms with Gasteiger partial charge in [-0.25, -0.2) is 0 Å². The molecular formula is C9H15NO. The molecule has 11 heavy (non-hydrogen) atoms. The molecule has 1 unspecified atom stereocenters. The Hall–Kier alpha value is -0.790. The van der Waals surface area contributed by atoms with E-state index in [9.17, 15) is 4.79 Å². The van der Waals surface area contributed by atoms with Gasteiger partial charge in [0, 0.05) is 18.2 Å². The van der Waals surface area contributed by atoms with Crippen molar-refractivity contribution in [2.75, 3.05) is 0 Å². The summed E-state index contributed by atoms with van der Waals surface area (Å²) in [5, 5.41) is 0. The van der Waals surface area contributed by atoms with E-state index in [-0.39, 0.29) is 5.91 Å². The van der Waals surface area contributed by atoms with Crippen molar-refractivity contribution >= 4 is 5.91 Å². The number of carbonyl (C=O) groups is 1. The minimum Gasteiger partial charge on any atom is -0.314 e. The summed E-state index contributed by atoms with van der Waals surface area (Å²) in [6, 6.07) is 0.355. The number of hydrogen-bond donors (Lipinski definition) is 0. The van der Waals surface area contributed by atoms with Crippen molar-refractivity contribution in [2.24, 2.45) is 0 Å². The third-order valence-corrected chi connectivity index (χ3v) is 2.13. The molecule has 0 aromatic rings. The standard InChI is InChI=1S/C9H15NO/c1-7(2)10-8(3)5-4-6-9(10)11/h8H,1,4-6H2,2-3H3. The molecule has 1 fully saturated rings. The van der Waals surface area contributed by atoms with Crippen LogP contribution in [0.5, 0.6) is 0 Å². The number of piperidine rings is 1. The number of carbonyl (C=O) groups excluding carboxylic acids is 1. The van der Waals surface area contributed by atoms with E-state index in [0.717, 1.165) is 18.5 Å². The maximum atomic E-state index is 11.3. The maximum absolute atomic E-state index is 11.3. The molecule has 0 saturated carbocycles. The Morgan fingerprint density at radius 3 is 2.73 bits per heavy atom. The van der Waals surface area contributed by atoms with E-state index in [1.165, 1.54) is 0 Å². The maximum Gasteiger partial charge on any atom is 0.226 e. The second kappa shape index (κ2) is 3.07. The first kappa shape index (κ1) is 8.31. The number of allylic oxidation sites excluding steroid dienone is 1. The number of rotatable bonds is 1. The van der Waals surface area contributed by atoms with Gasteiger partial charge >= 0.3 is 0 Å². The SMILES string of the molecule is C=C(C)N1C(=O)CCCC1C. The highest BCUT2D eigenvalue weighted by atomic mass is 16.2. The zero-order chi connectivity index (χ0) is 8.43. The molecule has 62 valence electrons. The molecule has 1 rings (SSSR count). The fourth-order valence-electron chi connectivity index (χ4n) is 1.63. The quantitative estimate of drug-likeness (QED) is 0.563. The van der Waals surface area contributed by atoms with Gasteiger partial charge in [0.25, 0.3) is 0 Å². The van der Waals surface area contributed by atoms with Crippen molar-refractivity contribution in [1.82, 2.24) is 4.90 Å². The van der Waals surface area contributed by atoms with E-state index >= 15 is 0 Å². The summed E-state index contributed by atoms with van der Waals surface area (Å²) in [5.41, 5.74) is 0.877. The minimum atomic E-state index is 0.233. The van der Waals surface area contributed by atoms with Gasteiger partial charge in [-0.2, -0.15) is 0 Å². The monoisotopic (exact) mass is 153 g/mol. The lowest BCUT2D eigenvalue weighted by atomic mass is 10.0. The topological polar surface area (TPSA) is 20.3 Å². The van der Waals surface area contributed by atoms with Crippen LogP contribution in [-0.4, -0.2) is 16.8 Å². The molecule has 1 atom stereocenters. The fraction of sp³-hybridized carbons (Fsp3) is 0.667. The van der Waals surface area contributed by atoms with E-state index in [1.807, 2.05) is 11.8 Å². The summed E-state index contributed by atoms with van der Waals surface area (Å²) in [6.07, 6.45) is 2.83. The first-order chi connectivity index (χ1) is 5.13. The average molecular weight is 153 g/mol. The van der Waals surface area contributed by atoms with Crippen LogP contribution in [0.15, 0.2) is 12.3 Å². The van der Waals surface area contributed by atoms with Crippen molar-refractivity contribution < 1.29 is 4.79 Å². The van der Waals surface area contributed by atoms with Crippen LogP contribution in [-0.2, 0) is 4.79 Å². The van der Waals surface area contributed by atoms with Gasteiger partial charge < -0.3 is 4.90 Å². The lowest BCUT2D eigenvalue weighted by Crippen LogP contribution is -2.40. The molecule has 0 aliphatic carbocycles. The lowest BCUT2D eigenvalue weighted by Gasteiger charge is -2.33. The highest BCUT2D eigenvalue weighted by molar-refractivity contribution is 5.78. The summed E-state index contributed by atoms with van der Waals surface area (Å²) in [4.78, 5) is 13.1. The molecule has 0 bridgehead atoms. The summed E-state index contributed by atoms with van der Waals surface area (Å²) in [5.74, 6) is 0.233. The van der Waals surface area contributed by atoms with Crippen molar-refractivity contribution in [3.63, 3.8) is 0 Å². The van der Waals surface area contributed by atoms with E-state index < -0.39 is 0 Å². The molecule has 1 aliphatic rings. The van der Waals surface area contributed by atoms with Crippen LogP contribution in [0.1, 0.15) is 33.1 Å². The summed E-state index contributed by atoms with van der Waals surface area (Å²) in [7, 11) is 0. The van der Waals surface area contributed by atoms with Crippen molar-refractivity contribution in [3.05, 3.63) is 12.3 Å². The zero-order valence-electron chi connectivity index (χ0n) is 7.26. The predicted molar refractivity (Wildman–Crippen MR) is 45.0 cm³/mol. The number of nitrogens with zero attached hydrogens (tertiary/aromatic N) is 1. The Balaban J connectivity index is 2.70. The first-order valence-electron chi connectivity index (χ1n) is 4.10. The Bertz CT molecular complexity index is 186. The van der Waals surface area contributed by atoms with Gasteiger partial charge in [0.1, 0.15) is 0 Å². The lowest BCUT2D eigenvalue weighted by molar-refractivity contribution is -0.133. The van der Waals surface area contributed by atoms with Gasteiger partial charge in [-0.3, -0.25) is 4.79 Å². The molecule has 0 spiro atoms. The minimum absolute atomic E-state index is 0.233. The summed E-state index contributed by atoms with van der Waals surface area (Å²) >= 11 is 0. The Morgan fingerprint density at radius 2 is 2.36 bits per heavy atom. The van der Waals surface area contributed by atoms with Crippen LogP contribution in [0.4, 0.5) is 0 Å². The molecule has 1 amide bonds. The molecule has 0 aromatic carbocycles. The van der Waals surface area contributed by atoms with Crippen LogP contribution < -0.4 is 0 Å². The van der Waals surface area contributed by atoms with Gasteiger partial charge in [0.15, 0.2) is 0 Å². The Morgan fingerprint density at radius 1 is 1.73 bits per heavy atom. The second-order valence-electron chi connectivity index (χ2n) is 3.24. The van der Waals surface area contributed by atoms with Crippen LogP contribution in [0.2, 0.25) is 0 Å². The number of hydrogen-bond acceptors (Lipinski definition) is 1. The largest absolute Gasteiger partial charge is 0.314 e.